The Balaban J connectivity index is 3.11. The van der Waals surface area contributed by atoms with Crippen LogP contribution in [0.3, 0.4) is 0 Å². The predicted molar refractivity (Wildman–Crippen MR) is 50.3 cm³/mol. The Kier molecular flexibility index (Phi) is 2.99. The van der Waals surface area contributed by atoms with E-state index < -0.39 is 6.10 Å². The highest BCUT2D eigenvalue weighted by Gasteiger charge is 2.07. The maximum absolute atomic E-state index is 9.24. The summed E-state index contributed by atoms with van der Waals surface area (Å²) in [6.45, 7) is 0. The lowest BCUT2D eigenvalue weighted by Crippen LogP contribution is -1.93. The van der Waals surface area contributed by atoms with Crippen LogP contribution >= 0.6 is 23.2 Å². The minimum Gasteiger partial charge on any atom is -0.376 e. The van der Waals surface area contributed by atoms with E-state index in [0.29, 0.717) is 15.6 Å². The number of terminal acetylenes is 1. The molecule has 62 valence electrons. The molecule has 1 aromatic carbocycles. The van der Waals surface area contributed by atoms with Gasteiger partial charge in [-0.25, -0.2) is 0 Å². The van der Waals surface area contributed by atoms with Crippen LogP contribution in [-0.2, 0) is 0 Å². The number of benzene rings is 1. The first-order valence-corrected chi connectivity index (χ1v) is 4.00. The van der Waals surface area contributed by atoms with E-state index in [-0.39, 0.29) is 0 Å². The van der Waals surface area contributed by atoms with Crippen molar-refractivity contribution in [1.82, 2.24) is 0 Å². The van der Waals surface area contributed by atoms with Crippen molar-refractivity contribution >= 4 is 23.2 Å². The van der Waals surface area contributed by atoms with Gasteiger partial charge in [-0.1, -0.05) is 35.2 Å². The van der Waals surface area contributed by atoms with Gasteiger partial charge in [0.05, 0.1) is 0 Å². The maximum atomic E-state index is 9.24. The van der Waals surface area contributed by atoms with Crippen molar-refractivity contribution in [2.24, 2.45) is 0 Å². The zero-order valence-electron chi connectivity index (χ0n) is 6.09. The molecule has 0 heterocycles. The van der Waals surface area contributed by atoms with E-state index in [9.17, 15) is 5.11 Å². The number of aliphatic hydroxyl groups excluding tert-OH is 1. The zero-order chi connectivity index (χ0) is 9.14. The molecule has 1 nitrogen and oxygen atoms in total. The summed E-state index contributed by atoms with van der Waals surface area (Å²) in [5.41, 5.74) is 0.503. The van der Waals surface area contributed by atoms with Crippen LogP contribution in [0.4, 0.5) is 0 Å². The van der Waals surface area contributed by atoms with Crippen LogP contribution in [0.15, 0.2) is 18.2 Å². The summed E-state index contributed by atoms with van der Waals surface area (Å²) in [5.74, 6) is 2.17. The lowest BCUT2D eigenvalue weighted by Gasteiger charge is -2.05. The molecule has 0 fully saturated rings. The van der Waals surface area contributed by atoms with Crippen molar-refractivity contribution in [3.8, 4) is 12.3 Å². The lowest BCUT2D eigenvalue weighted by atomic mass is 10.1. The highest BCUT2D eigenvalue weighted by molar-refractivity contribution is 6.35. The Morgan fingerprint density at radius 3 is 2.58 bits per heavy atom. The van der Waals surface area contributed by atoms with Gasteiger partial charge in [0.1, 0.15) is 6.10 Å². The summed E-state index contributed by atoms with van der Waals surface area (Å²) in [4.78, 5) is 0. The van der Waals surface area contributed by atoms with E-state index in [1.165, 1.54) is 0 Å². The largest absolute Gasteiger partial charge is 0.376 e. The fraction of sp³-hybridized carbons (Fsp3) is 0.111. The molecule has 12 heavy (non-hydrogen) atoms. The molecule has 1 rings (SSSR count). The summed E-state index contributed by atoms with van der Waals surface area (Å²) < 4.78 is 0. The van der Waals surface area contributed by atoms with Crippen molar-refractivity contribution < 1.29 is 5.11 Å². The van der Waals surface area contributed by atoms with Gasteiger partial charge >= 0.3 is 0 Å². The van der Waals surface area contributed by atoms with E-state index in [2.05, 4.69) is 5.92 Å². The molecule has 0 saturated carbocycles. The smallest absolute Gasteiger partial charge is 0.141 e. The van der Waals surface area contributed by atoms with Crippen LogP contribution in [0.1, 0.15) is 11.7 Å². The number of aliphatic hydroxyl groups is 1. The molecular weight excluding hydrogens is 195 g/mol. The van der Waals surface area contributed by atoms with Crippen LogP contribution in [0, 0.1) is 12.3 Å². The molecule has 0 amide bonds. The molecule has 3 heteroatoms. The van der Waals surface area contributed by atoms with Crippen LogP contribution in [0.2, 0.25) is 10.0 Å². The summed E-state index contributed by atoms with van der Waals surface area (Å²) >= 11 is 11.4. The second-order valence-electron chi connectivity index (χ2n) is 2.24. The SMILES string of the molecule is C#CC(O)c1ccc(Cl)cc1Cl. The molecule has 0 radical (unpaired) electrons. The average Bonchev–Trinajstić information content (AvgIpc) is 2.03. The molecule has 0 bridgehead atoms. The minimum atomic E-state index is -0.963. The third-order valence-electron chi connectivity index (χ3n) is 1.41. The molecule has 0 aliphatic carbocycles. The Morgan fingerprint density at radius 2 is 2.08 bits per heavy atom. The molecule has 1 atom stereocenters. The molecule has 1 N–H and O–H groups in total. The Bertz CT molecular complexity index is 328. The number of halogens is 2. The first-order valence-electron chi connectivity index (χ1n) is 3.24. The molecule has 1 unspecified atom stereocenters. The Labute approximate surface area is 80.9 Å². The normalized spacial score (nSPS) is 12.2. The van der Waals surface area contributed by atoms with Gasteiger partial charge in [0.2, 0.25) is 0 Å². The van der Waals surface area contributed by atoms with Gasteiger partial charge in [-0.15, -0.1) is 6.42 Å². The van der Waals surface area contributed by atoms with Crippen LogP contribution < -0.4 is 0 Å². The topological polar surface area (TPSA) is 20.2 Å². The molecule has 1 aromatic rings. The number of hydrogen-bond donors (Lipinski definition) is 1. The fourth-order valence-electron chi connectivity index (χ4n) is 0.813. The lowest BCUT2D eigenvalue weighted by molar-refractivity contribution is 0.238. The summed E-state index contributed by atoms with van der Waals surface area (Å²) in [5, 5.41) is 10.1. The van der Waals surface area contributed by atoms with E-state index in [1.54, 1.807) is 18.2 Å². The van der Waals surface area contributed by atoms with Crippen LogP contribution in [0.5, 0.6) is 0 Å². The fourth-order valence-corrected chi connectivity index (χ4v) is 1.32. The summed E-state index contributed by atoms with van der Waals surface area (Å²) in [6, 6.07) is 4.78. The predicted octanol–water partition coefficient (Wildman–Crippen LogP) is 2.66. The third kappa shape index (κ3) is 1.92. The maximum Gasteiger partial charge on any atom is 0.141 e. The highest BCUT2D eigenvalue weighted by atomic mass is 35.5. The third-order valence-corrected chi connectivity index (χ3v) is 1.98. The Morgan fingerprint density at radius 1 is 1.42 bits per heavy atom. The molecule has 0 saturated heterocycles. The number of hydrogen-bond acceptors (Lipinski definition) is 1. The monoisotopic (exact) mass is 200 g/mol. The van der Waals surface area contributed by atoms with Gasteiger partial charge in [0.15, 0.2) is 0 Å². The van der Waals surface area contributed by atoms with Gasteiger partial charge in [-0.3, -0.25) is 0 Å². The van der Waals surface area contributed by atoms with Crippen molar-refractivity contribution in [2.45, 2.75) is 6.10 Å². The second kappa shape index (κ2) is 3.82. The second-order valence-corrected chi connectivity index (χ2v) is 3.08. The molecule has 0 aliphatic rings. The van der Waals surface area contributed by atoms with E-state index in [1.807, 2.05) is 0 Å². The Hall–Kier alpha value is -0.680. The molecule has 0 spiro atoms. The van der Waals surface area contributed by atoms with E-state index in [4.69, 9.17) is 29.6 Å². The van der Waals surface area contributed by atoms with Gasteiger partial charge in [0, 0.05) is 15.6 Å². The first-order chi connectivity index (χ1) is 5.65. The standard InChI is InChI=1S/C9H6Cl2O/c1-2-9(12)7-4-3-6(10)5-8(7)11/h1,3-5,9,12H. The number of rotatable bonds is 1. The van der Waals surface area contributed by atoms with Gasteiger partial charge in [-0.05, 0) is 12.1 Å². The summed E-state index contributed by atoms with van der Waals surface area (Å²) in [6.07, 6.45) is 4.06. The average molecular weight is 201 g/mol. The minimum absolute atomic E-state index is 0.382. The van der Waals surface area contributed by atoms with E-state index >= 15 is 0 Å². The summed E-state index contributed by atoms with van der Waals surface area (Å²) in [7, 11) is 0. The molecule has 0 aliphatic heterocycles. The van der Waals surface area contributed by atoms with Gasteiger partial charge < -0.3 is 5.11 Å². The zero-order valence-corrected chi connectivity index (χ0v) is 7.60. The van der Waals surface area contributed by atoms with Crippen molar-refractivity contribution in [3.05, 3.63) is 33.8 Å². The van der Waals surface area contributed by atoms with Crippen LogP contribution in [0.25, 0.3) is 0 Å². The molecule has 0 aromatic heterocycles. The van der Waals surface area contributed by atoms with E-state index in [0.717, 1.165) is 0 Å². The van der Waals surface area contributed by atoms with Crippen LogP contribution in [-0.4, -0.2) is 5.11 Å². The van der Waals surface area contributed by atoms with Crippen molar-refractivity contribution in [1.29, 1.82) is 0 Å². The van der Waals surface area contributed by atoms with Gasteiger partial charge in [0.25, 0.3) is 0 Å². The van der Waals surface area contributed by atoms with Crippen molar-refractivity contribution in [2.75, 3.05) is 0 Å². The highest BCUT2D eigenvalue weighted by Crippen LogP contribution is 2.25. The first kappa shape index (κ1) is 9.41. The quantitative estimate of drug-likeness (QED) is 0.692. The van der Waals surface area contributed by atoms with Gasteiger partial charge in [-0.2, -0.15) is 0 Å². The van der Waals surface area contributed by atoms with Crippen molar-refractivity contribution in [3.63, 3.8) is 0 Å². The molecular formula is C9H6Cl2O.